The fourth-order valence-corrected chi connectivity index (χ4v) is 2.21. The largest absolute Gasteiger partial charge is 0.453 e. The predicted molar refractivity (Wildman–Crippen MR) is 60.6 cm³/mol. The highest BCUT2D eigenvalue weighted by atomic mass is 35.5. The molecule has 1 aromatic rings. The molecular weight excluding hydrogens is 230 g/mol. The second-order valence-corrected chi connectivity index (χ2v) is 4.37. The Kier molecular flexibility index (Phi) is 3.23. The Morgan fingerprint density at radius 3 is 2.75 bits per heavy atom. The summed E-state index contributed by atoms with van der Waals surface area (Å²) in [4.78, 5) is 4.68. The molecule has 5 heteroatoms. The summed E-state index contributed by atoms with van der Waals surface area (Å²) in [6.45, 7) is 4.67. The van der Waals surface area contributed by atoms with Crippen molar-refractivity contribution in [1.82, 2.24) is 0 Å². The lowest BCUT2D eigenvalue weighted by Crippen LogP contribution is -2.04. The van der Waals surface area contributed by atoms with Crippen molar-refractivity contribution >= 4 is 11.6 Å². The van der Waals surface area contributed by atoms with Crippen molar-refractivity contribution < 1.29 is 14.3 Å². The molecule has 0 amide bonds. The van der Waals surface area contributed by atoms with Crippen molar-refractivity contribution in [2.24, 2.45) is 5.90 Å². The Labute approximate surface area is 99.2 Å². The summed E-state index contributed by atoms with van der Waals surface area (Å²) in [5, 5.41) is 0.531. The van der Waals surface area contributed by atoms with Gasteiger partial charge in [-0.1, -0.05) is 25.4 Å². The molecule has 0 aliphatic carbocycles. The van der Waals surface area contributed by atoms with Crippen LogP contribution in [0.2, 0.25) is 5.02 Å². The number of hydrogen-bond acceptors (Lipinski definition) is 4. The van der Waals surface area contributed by atoms with Gasteiger partial charge in [-0.15, -0.1) is 0 Å². The molecule has 0 spiro atoms. The van der Waals surface area contributed by atoms with E-state index in [0.717, 1.165) is 16.9 Å². The number of benzene rings is 1. The van der Waals surface area contributed by atoms with Crippen molar-refractivity contribution in [2.45, 2.75) is 26.4 Å². The van der Waals surface area contributed by atoms with Crippen LogP contribution in [0, 0.1) is 0 Å². The van der Waals surface area contributed by atoms with E-state index in [1.807, 2.05) is 6.07 Å². The summed E-state index contributed by atoms with van der Waals surface area (Å²) >= 11 is 6.09. The highest BCUT2D eigenvalue weighted by Gasteiger charge is 2.25. The van der Waals surface area contributed by atoms with E-state index in [4.69, 9.17) is 27.0 Å². The molecule has 0 fully saturated rings. The number of fused-ring (bicyclic) bond motifs is 1. The molecule has 1 heterocycles. The third-order valence-corrected chi connectivity index (χ3v) is 2.82. The van der Waals surface area contributed by atoms with Crippen molar-refractivity contribution in [3.05, 3.63) is 22.2 Å². The molecule has 0 radical (unpaired) electrons. The van der Waals surface area contributed by atoms with Gasteiger partial charge in [-0.25, -0.2) is 5.90 Å². The van der Waals surface area contributed by atoms with E-state index in [-0.39, 0.29) is 12.7 Å². The van der Waals surface area contributed by atoms with Gasteiger partial charge in [-0.2, -0.15) is 0 Å². The van der Waals surface area contributed by atoms with Crippen LogP contribution >= 0.6 is 11.6 Å². The number of hydrogen-bond donors (Lipinski definition) is 1. The number of halogens is 1. The second-order valence-electron chi connectivity index (χ2n) is 3.96. The zero-order chi connectivity index (χ0) is 11.7. The molecule has 0 bridgehead atoms. The van der Waals surface area contributed by atoms with Crippen LogP contribution in [0.3, 0.4) is 0 Å². The molecule has 2 N–H and O–H groups in total. The fourth-order valence-electron chi connectivity index (χ4n) is 1.94. The van der Waals surface area contributed by atoms with Crippen LogP contribution in [0.1, 0.15) is 30.9 Å². The van der Waals surface area contributed by atoms with Gasteiger partial charge in [-0.3, -0.25) is 4.84 Å². The molecule has 0 atom stereocenters. The van der Waals surface area contributed by atoms with Gasteiger partial charge in [0.15, 0.2) is 11.5 Å². The topological polar surface area (TPSA) is 53.7 Å². The summed E-state index contributed by atoms with van der Waals surface area (Å²) in [5.41, 5.74) is 1.98. The number of nitrogens with two attached hydrogens (primary N) is 1. The summed E-state index contributed by atoms with van der Waals surface area (Å²) in [7, 11) is 0. The lowest BCUT2D eigenvalue weighted by atomic mass is 9.96. The molecule has 1 aromatic carbocycles. The summed E-state index contributed by atoms with van der Waals surface area (Å²) in [6, 6.07) is 1.82. The monoisotopic (exact) mass is 243 g/mol. The smallest absolute Gasteiger partial charge is 0.231 e. The maximum atomic E-state index is 6.09. The van der Waals surface area contributed by atoms with Gasteiger partial charge in [0.05, 0.1) is 11.6 Å². The van der Waals surface area contributed by atoms with Crippen molar-refractivity contribution in [3.8, 4) is 11.5 Å². The lowest BCUT2D eigenvalue weighted by Gasteiger charge is -2.15. The van der Waals surface area contributed by atoms with Crippen molar-refractivity contribution in [1.29, 1.82) is 0 Å². The van der Waals surface area contributed by atoms with E-state index in [2.05, 4.69) is 18.7 Å². The van der Waals surface area contributed by atoms with Crippen molar-refractivity contribution in [2.75, 3.05) is 6.79 Å². The van der Waals surface area contributed by atoms with E-state index >= 15 is 0 Å². The van der Waals surface area contributed by atoms with Gasteiger partial charge in [0.2, 0.25) is 6.79 Å². The Bertz CT molecular complexity index is 407. The maximum Gasteiger partial charge on any atom is 0.231 e. The van der Waals surface area contributed by atoms with Crippen LogP contribution in [0.5, 0.6) is 11.5 Å². The predicted octanol–water partition coefficient (Wildman–Crippen LogP) is 2.58. The molecule has 16 heavy (non-hydrogen) atoms. The molecule has 4 nitrogen and oxygen atoms in total. The minimum Gasteiger partial charge on any atom is -0.453 e. The minimum atomic E-state index is 0.210. The van der Waals surface area contributed by atoms with Gasteiger partial charge < -0.3 is 9.47 Å². The van der Waals surface area contributed by atoms with Crippen LogP contribution in [-0.2, 0) is 11.4 Å². The zero-order valence-electron chi connectivity index (χ0n) is 9.25. The normalized spacial score (nSPS) is 13.6. The Morgan fingerprint density at radius 1 is 1.44 bits per heavy atom. The van der Waals surface area contributed by atoms with Crippen molar-refractivity contribution in [3.63, 3.8) is 0 Å². The maximum absolute atomic E-state index is 6.09. The molecule has 2 rings (SSSR count). The first-order valence-electron chi connectivity index (χ1n) is 5.07. The molecule has 0 saturated heterocycles. The van der Waals surface area contributed by atoms with E-state index in [1.54, 1.807) is 0 Å². The third-order valence-electron chi connectivity index (χ3n) is 2.54. The molecule has 1 aliphatic rings. The standard InChI is InChI=1S/C11H14ClNO3/c1-6(2)9-7(4-16-13)3-8(12)10-11(9)15-5-14-10/h3,6H,4-5,13H2,1-2H3. The Hall–Kier alpha value is -0.970. The molecule has 88 valence electrons. The lowest BCUT2D eigenvalue weighted by molar-refractivity contribution is 0.123. The Balaban J connectivity index is 2.57. The second kappa shape index (κ2) is 4.49. The summed E-state index contributed by atoms with van der Waals surface area (Å²) in [5.74, 6) is 6.73. The first kappa shape index (κ1) is 11.5. The highest BCUT2D eigenvalue weighted by Crippen LogP contribution is 2.46. The van der Waals surface area contributed by atoms with Crippen LogP contribution in [0.4, 0.5) is 0 Å². The van der Waals surface area contributed by atoms with Gasteiger partial charge in [-0.05, 0) is 17.5 Å². The molecule has 0 saturated carbocycles. The first-order valence-corrected chi connectivity index (χ1v) is 5.45. The van der Waals surface area contributed by atoms with E-state index in [1.165, 1.54) is 0 Å². The minimum absolute atomic E-state index is 0.210. The number of ether oxygens (including phenoxy) is 2. The third kappa shape index (κ3) is 1.84. The zero-order valence-corrected chi connectivity index (χ0v) is 10.0. The van der Waals surface area contributed by atoms with Crippen LogP contribution in [0.25, 0.3) is 0 Å². The first-order chi connectivity index (χ1) is 7.65. The van der Waals surface area contributed by atoms with Crippen LogP contribution in [0.15, 0.2) is 6.07 Å². The fraction of sp³-hybridized carbons (Fsp3) is 0.455. The molecule has 1 aliphatic heterocycles. The average molecular weight is 244 g/mol. The highest BCUT2D eigenvalue weighted by molar-refractivity contribution is 6.32. The molecule has 0 unspecified atom stereocenters. The molecule has 0 aromatic heterocycles. The van der Waals surface area contributed by atoms with E-state index in [0.29, 0.717) is 17.4 Å². The summed E-state index contributed by atoms with van der Waals surface area (Å²) in [6.07, 6.45) is 0. The molecular formula is C11H14ClNO3. The van der Waals surface area contributed by atoms with Gasteiger partial charge >= 0.3 is 0 Å². The Morgan fingerprint density at radius 2 is 2.12 bits per heavy atom. The average Bonchev–Trinajstić information content (AvgIpc) is 2.66. The van der Waals surface area contributed by atoms with Gasteiger partial charge in [0.25, 0.3) is 0 Å². The van der Waals surface area contributed by atoms with E-state index < -0.39 is 0 Å². The van der Waals surface area contributed by atoms with Gasteiger partial charge in [0.1, 0.15) is 0 Å². The van der Waals surface area contributed by atoms with E-state index in [9.17, 15) is 0 Å². The van der Waals surface area contributed by atoms with Crippen LogP contribution < -0.4 is 15.4 Å². The van der Waals surface area contributed by atoms with Gasteiger partial charge in [0, 0.05) is 5.56 Å². The summed E-state index contributed by atoms with van der Waals surface area (Å²) < 4.78 is 10.8. The number of rotatable bonds is 3. The SMILES string of the molecule is CC(C)c1c(CON)cc(Cl)c2c1OCO2. The van der Waals surface area contributed by atoms with Crippen LogP contribution in [-0.4, -0.2) is 6.79 Å². The quantitative estimate of drug-likeness (QED) is 0.829.